The summed E-state index contributed by atoms with van der Waals surface area (Å²) in [6.45, 7) is 2.03. The van der Waals surface area contributed by atoms with Gasteiger partial charge in [-0.25, -0.2) is 0 Å². The Hall–Kier alpha value is -1.81. The van der Waals surface area contributed by atoms with E-state index in [4.69, 9.17) is 5.73 Å². The number of rotatable bonds is 3. The van der Waals surface area contributed by atoms with Crippen LogP contribution in [0.1, 0.15) is 23.1 Å². The van der Waals surface area contributed by atoms with Crippen LogP contribution in [0.25, 0.3) is 0 Å². The molecule has 1 amide bonds. The van der Waals surface area contributed by atoms with E-state index < -0.39 is 5.54 Å². The number of benzene rings is 2. The number of halogens is 1. The zero-order valence-electron chi connectivity index (χ0n) is 11.8. The fourth-order valence-electron chi connectivity index (χ4n) is 3.02. The topological polar surface area (TPSA) is 55.1 Å². The quantitative estimate of drug-likeness (QED) is 0.895. The lowest BCUT2D eigenvalue weighted by Crippen LogP contribution is -2.46. The van der Waals surface area contributed by atoms with Gasteiger partial charge in [0.15, 0.2) is 0 Å². The number of hydrogen-bond acceptors (Lipinski definition) is 2. The van der Waals surface area contributed by atoms with Gasteiger partial charge in [-0.1, -0.05) is 45.8 Å². The van der Waals surface area contributed by atoms with Gasteiger partial charge in [0.25, 0.3) is 0 Å². The third-order valence-corrected chi connectivity index (χ3v) is 4.59. The molecule has 2 aromatic carbocycles. The molecule has 0 saturated heterocycles. The van der Waals surface area contributed by atoms with Crippen LogP contribution in [0.2, 0.25) is 0 Å². The number of aryl methyl sites for hydroxylation is 2. The lowest BCUT2D eigenvalue weighted by molar-refractivity contribution is -0.122. The first-order valence-electron chi connectivity index (χ1n) is 6.95. The molecule has 2 aromatic rings. The maximum absolute atomic E-state index is 12.2. The standard InChI is InChI=1S/C17H17BrN2O/c1-11-5-6-12-7-8-17(16(19)21,15(12)9-11)20-14-4-2-3-13(18)10-14/h2-6,9-10,20H,7-8H2,1H3,(H2,19,21). The highest BCUT2D eigenvalue weighted by Gasteiger charge is 2.44. The Kier molecular flexibility index (Phi) is 3.49. The summed E-state index contributed by atoms with van der Waals surface area (Å²) in [4.78, 5) is 12.2. The number of fused-ring (bicyclic) bond motifs is 1. The third kappa shape index (κ3) is 2.44. The monoisotopic (exact) mass is 344 g/mol. The molecular weight excluding hydrogens is 328 g/mol. The average molecular weight is 345 g/mol. The number of carbonyl (C=O) groups is 1. The Morgan fingerprint density at radius 3 is 2.81 bits per heavy atom. The minimum absolute atomic E-state index is 0.327. The number of nitrogens with two attached hydrogens (primary N) is 1. The average Bonchev–Trinajstić information content (AvgIpc) is 2.78. The Labute approximate surface area is 132 Å². The fourth-order valence-corrected chi connectivity index (χ4v) is 3.42. The molecule has 3 rings (SSSR count). The zero-order chi connectivity index (χ0) is 15.0. The maximum atomic E-state index is 12.2. The Morgan fingerprint density at radius 2 is 2.10 bits per heavy atom. The van der Waals surface area contributed by atoms with E-state index in [1.807, 2.05) is 31.2 Å². The van der Waals surface area contributed by atoms with Gasteiger partial charge in [-0.05, 0) is 49.1 Å². The van der Waals surface area contributed by atoms with Gasteiger partial charge in [0, 0.05) is 10.2 Å². The Morgan fingerprint density at radius 1 is 1.29 bits per heavy atom. The van der Waals surface area contributed by atoms with Crippen molar-refractivity contribution in [2.75, 3.05) is 5.32 Å². The highest BCUT2D eigenvalue weighted by atomic mass is 79.9. The molecule has 0 bridgehead atoms. The molecule has 0 aliphatic heterocycles. The number of carbonyl (C=O) groups excluding carboxylic acids is 1. The molecule has 3 N–H and O–H groups in total. The maximum Gasteiger partial charge on any atom is 0.247 e. The zero-order valence-corrected chi connectivity index (χ0v) is 13.4. The summed E-state index contributed by atoms with van der Waals surface area (Å²) < 4.78 is 0.967. The van der Waals surface area contributed by atoms with E-state index in [9.17, 15) is 4.79 Å². The van der Waals surface area contributed by atoms with E-state index in [0.29, 0.717) is 6.42 Å². The fraction of sp³-hybridized carbons (Fsp3) is 0.235. The Balaban J connectivity index is 2.08. The second kappa shape index (κ2) is 5.19. The van der Waals surface area contributed by atoms with E-state index in [1.165, 1.54) is 5.56 Å². The van der Waals surface area contributed by atoms with Crippen LogP contribution < -0.4 is 11.1 Å². The number of anilines is 1. The van der Waals surface area contributed by atoms with E-state index in [0.717, 1.165) is 27.7 Å². The predicted octanol–water partition coefficient (Wildman–Crippen LogP) is 3.50. The highest BCUT2D eigenvalue weighted by molar-refractivity contribution is 9.10. The number of amides is 1. The molecule has 21 heavy (non-hydrogen) atoms. The van der Waals surface area contributed by atoms with Gasteiger partial charge in [-0.2, -0.15) is 0 Å². The normalized spacial score (nSPS) is 20.1. The molecule has 0 aromatic heterocycles. The molecule has 3 nitrogen and oxygen atoms in total. The minimum Gasteiger partial charge on any atom is -0.368 e. The highest BCUT2D eigenvalue weighted by Crippen LogP contribution is 2.40. The summed E-state index contributed by atoms with van der Waals surface area (Å²) in [5.74, 6) is -0.327. The summed E-state index contributed by atoms with van der Waals surface area (Å²) in [7, 11) is 0. The lowest BCUT2D eigenvalue weighted by atomic mass is 9.89. The van der Waals surface area contributed by atoms with Gasteiger partial charge >= 0.3 is 0 Å². The lowest BCUT2D eigenvalue weighted by Gasteiger charge is -2.29. The van der Waals surface area contributed by atoms with E-state index in [1.54, 1.807) is 0 Å². The van der Waals surface area contributed by atoms with Crippen molar-refractivity contribution in [2.45, 2.75) is 25.3 Å². The summed E-state index contributed by atoms with van der Waals surface area (Å²) >= 11 is 3.45. The molecule has 0 fully saturated rings. The van der Waals surface area contributed by atoms with Gasteiger partial charge in [-0.3, -0.25) is 4.79 Å². The van der Waals surface area contributed by atoms with Crippen molar-refractivity contribution >= 4 is 27.5 Å². The number of primary amides is 1. The van der Waals surface area contributed by atoms with Crippen LogP contribution in [0.5, 0.6) is 0 Å². The van der Waals surface area contributed by atoms with Crippen LogP contribution >= 0.6 is 15.9 Å². The number of hydrogen-bond donors (Lipinski definition) is 2. The largest absolute Gasteiger partial charge is 0.368 e. The Bertz CT molecular complexity index is 714. The second-order valence-electron chi connectivity index (χ2n) is 5.57. The summed E-state index contributed by atoms with van der Waals surface area (Å²) in [5, 5.41) is 3.37. The van der Waals surface area contributed by atoms with Crippen molar-refractivity contribution in [3.8, 4) is 0 Å². The number of nitrogens with one attached hydrogen (secondary N) is 1. The molecule has 0 heterocycles. The molecule has 108 valence electrons. The summed E-state index contributed by atoms with van der Waals surface area (Å²) in [6.07, 6.45) is 1.55. The summed E-state index contributed by atoms with van der Waals surface area (Å²) in [5.41, 5.74) is 9.18. The molecule has 1 atom stereocenters. The van der Waals surface area contributed by atoms with Gasteiger partial charge in [0.1, 0.15) is 5.54 Å². The van der Waals surface area contributed by atoms with Gasteiger partial charge in [0.2, 0.25) is 5.91 Å². The smallest absolute Gasteiger partial charge is 0.247 e. The van der Waals surface area contributed by atoms with Crippen molar-refractivity contribution in [1.29, 1.82) is 0 Å². The van der Waals surface area contributed by atoms with E-state index in [-0.39, 0.29) is 5.91 Å². The van der Waals surface area contributed by atoms with Gasteiger partial charge in [-0.15, -0.1) is 0 Å². The first kappa shape index (κ1) is 14.1. The SMILES string of the molecule is Cc1ccc2c(c1)C(Nc1cccc(Br)c1)(C(N)=O)CC2. The van der Waals surface area contributed by atoms with Gasteiger partial charge < -0.3 is 11.1 Å². The van der Waals surface area contributed by atoms with Crippen molar-refractivity contribution < 1.29 is 4.79 Å². The molecule has 1 unspecified atom stereocenters. The van der Waals surface area contributed by atoms with Crippen LogP contribution in [-0.2, 0) is 16.8 Å². The van der Waals surface area contributed by atoms with E-state index >= 15 is 0 Å². The molecule has 0 spiro atoms. The van der Waals surface area contributed by atoms with Crippen molar-refractivity contribution in [2.24, 2.45) is 5.73 Å². The summed E-state index contributed by atoms with van der Waals surface area (Å²) in [6, 6.07) is 14.0. The van der Waals surface area contributed by atoms with Crippen LogP contribution in [0.15, 0.2) is 46.9 Å². The van der Waals surface area contributed by atoms with Crippen molar-refractivity contribution in [1.82, 2.24) is 0 Å². The van der Waals surface area contributed by atoms with Crippen LogP contribution in [0.3, 0.4) is 0 Å². The molecule has 0 saturated carbocycles. The van der Waals surface area contributed by atoms with Gasteiger partial charge in [0.05, 0.1) is 0 Å². The van der Waals surface area contributed by atoms with Crippen LogP contribution in [-0.4, -0.2) is 5.91 Å². The minimum atomic E-state index is -0.817. The predicted molar refractivity (Wildman–Crippen MR) is 88.1 cm³/mol. The first-order chi connectivity index (χ1) is 10.0. The van der Waals surface area contributed by atoms with Crippen LogP contribution in [0.4, 0.5) is 5.69 Å². The molecule has 4 heteroatoms. The second-order valence-corrected chi connectivity index (χ2v) is 6.48. The van der Waals surface area contributed by atoms with Crippen molar-refractivity contribution in [3.63, 3.8) is 0 Å². The van der Waals surface area contributed by atoms with Crippen molar-refractivity contribution in [3.05, 3.63) is 63.6 Å². The first-order valence-corrected chi connectivity index (χ1v) is 7.74. The third-order valence-electron chi connectivity index (χ3n) is 4.10. The molecule has 0 radical (unpaired) electrons. The van der Waals surface area contributed by atoms with E-state index in [2.05, 4.69) is 39.4 Å². The molecule has 1 aliphatic carbocycles. The molecule has 1 aliphatic rings. The molecular formula is C17H17BrN2O. The van der Waals surface area contributed by atoms with Crippen LogP contribution in [0, 0.1) is 6.92 Å².